The van der Waals surface area contributed by atoms with Crippen LogP contribution in [0.4, 0.5) is 4.79 Å². The van der Waals surface area contributed by atoms with Crippen LogP contribution in [0.25, 0.3) is 0 Å². The minimum absolute atomic E-state index is 0.133. The van der Waals surface area contributed by atoms with Gasteiger partial charge in [0.15, 0.2) is 0 Å². The number of carbonyl (C=O) groups excluding carboxylic acids is 2. The van der Waals surface area contributed by atoms with Gasteiger partial charge in [-0.15, -0.1) is 0 Å². The van der Waals surface area contributed by atoms with Gasteiger partial charge in [0.2, 0.25) is 5.91 Å². The van der Waals surface area contributed by atoms with Crippen LogP contribution in [0.2, 0.25) is 0 Å². The largest absolute Gasteiger partial charge is 0.480 e. The van der Waals surface area contributed by atoms with E-state index in [1.807, 2.05) is 30.3 Å². The summed E-state index contributed by atoms with van der Waals surface area (Å²) in [7, 11) is 0. The lowest BCUT2D eigenvalue weighted by Crippen LogP contribution is -2.52. The first-order valence-corrected chi connectivity index (χ1v) is 8.40. The SMILES string of the molecule is CC(C)[C@@H](NC(=O)[C@@H]1CCCN1C(=O)OCc1ccccc1)C(=O)O. The fourth-order valence-corrected chi connectivity index (χ4v) is 2.82. The van der Waals surface area contributed by atoms with Gasteiger partial charge in [-0.1, -0.05) is 44.2 Å². The molecule has 136 valence electrons. The molecule has 0 unspecified atom stereocenters. The van der Waals surface area contributed by atoms with E-state index in [2.05, 4.69) is 5.32 Å². The van der Waals surface area contributed by atoms with Crippen LogP contribution in [0, 0.1) is 5.92 Å². The second kappa shape index (κ2) is 8.50. The third-order valence-electron chi connectivity index (χ3n) is 4.23. The normalized spacial score (nSPS) is 18.0. The van der Waals surface area contributed by atoms with E-state index >= 15 is 0 Å². The van der Waals surface area contributed by atoms with Gasteiger partial charge >= 0.3 is 12.1 Å². The van der Waals surface area contributed by atoms with Gasteiger partial charge in [-0.2, -0.15) is 0 Å². The van der Waals surface area contributed by atoms with Crippen LogP contribution in [0.15, 0.2) is 30.3 Å². The fraction of sp³-hybridized carbons (Fsp3) is 0.500. The Kier molecular flexibility index (Phi) is 6.38. The minimum Gasteiger partial charge on any atom is -0.480 e. The predicted octanol–water partition coefficient (Wildman–Crippen LogP) is 2.01. The lowest BCUT2D eigenvalue weighted by molar-refractivity contribution is -0.143. The van der Waals surface area contributed by atoms with Crippen LogP contribution < -0.4 is 5.32 Å². The molecule has 1 aromatic rings. The zero-order chi connectivity index (χ0) is 18.4. The molecule has 1 heterocycles. The van der Waals surface area contributed by atoms with Crippen molar-refractivity contribution in [1.82, 2.24) is 10.2 Å². The maximum atomic E-state index is 12.4. The summed E-state index contributed by atoms with van der Waals surface area (Å²) < 4.78 is 5.28. The quantitative estimate of drug-likeness (QED) is 0.820. The number of rotatable bonds is 6. The lowest BCUT2D eigenvalue weighted by atomic mass is 10.0. The number of carboxylic acids is 1. The van der Waals surface area contributed by atoms with Crippen molar-refractivity contribution in [3.05, 3.63) is 35.9 Å². The molecule has 0 radical (unpaired) electrons. The zero-order valence-corrected chi connectivity index (χ0v) is 14.5. The molecule has 1 saturated heterocycles. The van der Waals surface area contributed by atoms with E-state index in [0.717, 1.165) is 5.56 Å². The smallest absolute Gasteiger partial charge is 0.410 e. The molecule has 0 aromatic heterocycles. The number of carboxylic acid groups (broad SMARTS) is 1. The number of ether oxygens (including phenoxy) is 1. The molecular weight excluding hydrogens is 324 g/mol. The number of nitrogens with zero attached hydrogens (tertiary/aromatic N) is 1. The monoisotopic (exact) mass is 348 g/mol. The average Bonchev–Trinajstić information content (AvgIpc) is 3.07. The maximum absolute atomic E-state index is 12.4. The molecule has 2 atom stereocenters. The third kappa shape index (κ3) is 4.95. The van der Waals surface area contributed by atoms with Crippen molar-refractivity contribution in [2.24, 2.45) is 5.92 Å². The first kappa shape index (κ1) is 18.8. The summed E-state index contributed by atoms with van der Waals surface area (Å²) in [6.07, 6.45) is 0.618. The van der Waals surface area contributed by atoms with Crippen LogP contribution in [0.3, 0.4) is 0 Å². The van der Waals surface area contributed by atoms with Crippen molar-refractivity contribution in [3.8, 4) is 0 Å². The molecule has 7 heteroatoms. The summed E-state index contributed by atoms with van der Waals surface area (Å²) in [6, 6.07) is 7.61. The highest BCUT2D eigenvalue weighted by atomic mass is 16.6. The van der Waals surface area contributed by atoms with E-state index in [1.165, 1.54) is 4.90 Å². The topological polar surface area (TPSA) is 95.9 Å². The summed E-state index contributed by atoms with van der Waals surface area (Å²) in [6.45, 7) is 4.00. The first-order valence-electron chi connectivity index (χ1n) is 8.40. The number of hydrogen-bond acceptors (Lipinski definition) is 4. The van der Waals surface area contributed by atoms with Crippen LogP contribution in [-0.2, 0) is 20.9 Å². The van der Waals surface area contributed by atoms with Gasteiger partial charge in [-0.25, -0.2) is 9.59 Å². The molecule has 1 aliphatic rings. The van der Waals surface area contributed by atoms with Gasteiger partial charge in [-0.05, 0) is 24.3 Å². The van der Waals surface area contributed by atoms with E-state index in [9.17, 15) is 19.5 Å². The van der Waals surface area contributed by atoms with Crippen LogP contribution in [0.5, 0.6) is 0 Å². The van der Waals surface area contributed by atoms with E-state index in [0.29, 0.717) is 19.4 Å². The Balaban J connectivity index is 1.95. The average molecular weight is 348 g/mol. The summed E-state index contributed by atoms with van der Waals surface area (Å²) >= 11 is 0. The summed E-state index contributed by atoms with van der Waals surface area (Å²) in [4.78, 5) is 37.3. The Morgan fingerprint density at radius 1 is 1.28 bits per heavy atom. The van der Waals surface area contributed by atoms with Gasteiger partial charge in [0.25, 0.3) is 0 Å². The highest BCUT2D eigenvalue weighted by Crippen LogP contribution is 2.19. The van der Waals surface area contributed by atoms with Crippen molar-refractivity contribution in [3.63, 3.8) is 0 Å². The van der Waals surface area contributed by atoms with E-state index in [1.54, 1.807) is 13.8 Å². The first-order chi connectivity index (χ1) is 11.9. The third-order valence-corrected chi connectivity index (χ3v) is 4.23. The number of carbonyl (C=O) groups is 3. The molecule has 1 fully saturated rings. The molecule has 0 saturated carbocycles. The van der Waals surface area contributed by atoms with Gasteiger partial charge in [0.1, 0.15) is 18.7 Å². The summed E-state index contributed by atoms with van der Waals surface area (Å²) in [5.41, 5.74) is 0.863. The Bertz CT molecular complexity index is 617. The molecule has 1 aromatic carbocycles. The number of amides is 2. The minimum atomic E-state index is -1.08. The van der Waals surface area contributed by atoms with Crippen LogP contribution in [0.1, 0.15) is 32.3 Å². The van der Waals surface area contributed by atoms with Crippen molar-refractivity contribution < 1.29 is 24.2 Å². The Morgan fingerprint density at radius 2 is 1.96 bits per heavy atom. The van der Waals surface area contributed by atoms with Crippen LogP contribution >= 0.6 is 0 Å². The standard InChI is InChI=1S/C18H24N2O5/c1-12(2)15(17(22)23)19-16(21)14-9-6-10-20(14)18(24)25-11-13-7-4-3-5-8-13/h3-5,7-8,12,14-15H,6,9-11H2,1-2H3,(H,19,21)(H,22,23)/t14-,15+/m0/s1. The van der Waals surface area contributed by atoms with Gasteiger partial charge < -0.3 is 15.2 Å². The van der Waals surface area contributed by atoms with Gasteiger partial charge in [-0.3, -0.25) is 9.69 Å². The van der Waals surface area contributed by atoms with E-state index in [-0.39, 0.29) is 12.5 Å². The molecular formula is C18H24N2O5. The lowest BCUT2D eigenvalue weighted by Gasteiger charge is -2.26. The van der Waals surface area contributed by atoms with E-state index in [4.69, 9.17) is 4.74 Å². The Morgan fingerprint density at radius 3 is 2.56 bits per heavy atom. The molecule has 2 rings (SSSR count). The van der Waals surface area contributed by atoms with Crippen molar-refractivity contribution >= 4 is 18.0 Å². The van der Waals surface area contributed by atoms with Crippen molar-refractivity contribution in [1.29, 1.82) is 0 Å². The van der Waals surface area contributed by atoms with Crippen molar-refractivity contribution in [2.45, 2.75) is 45.4 Å². The summed E-state index contributed by atoms with van der Waals surface area (Å²) in [5, 5.41) is 11.7. The molecule has 0 bridgehead atoms. The number of aliphatic carboxylic acids is 1. The number of likely N-dealkylation sites (tertiary alicyclic amines) is 1. The highest BCUT2D eigenvalue weighted by molar-refractivity contribution is 5.89. The Hall–Kier alpha value is -2.57. The Labute approximate surface area is 147 Å². The predicted molar refractivity (Wildman–Crippen MR) is 90.8 cm³/mol. The molecule has 0 spiro atoms. The molecule has 1 aliphatic heterocycles. The highest BCUT2D eigenvalue weighted by Gasteiger charge is 2.37. The molecule has 2 amide bonds. The molecule has 2 N–H and O–H groups in total. The van der Waals surface area contributed by atoms with Crippen molar-refractivity contribution in [2.75, 3.05) is 6.54 Å². The number of nitrogens with one attached hydrogen (secondary N) is 1. The molecule has 25 heavy (non-hydrogen) atoms. The fourth-order valence-electron chi connectivity index (χ4n) is 2.82. The number of hydrogen-bond donors (Lipinski definition) is 2. The van der Waals surface area contributed by atoms with E-state index < -0.39 is 30.1 Å². The van der Waals surface area contributed by atoms with Gasteiger partial charge in [0.05, 0.1) is 0 Å². The number of benzene rings is 1. The maximum Gasteiger partial charge on any atom is 0.410 e. The van der Waals surface area contributed by atoms with Gasteiger partial charge in [0, 0.05) is 6.54 Å². The summed E-state index contributed by atoms with van der Waals surface area (Å²) in [5.74, 6) is -1.78. The molecule has 7 nitrogen and oxygen atoms in total. The van der Waals surface area contributed by atoms with Crippen LogP contribution in [-0.4, -0.2) is 46.6 Å². The zero-order valence-electron chi connectivity index (χ0n) is 14.5. The second-order valence-corrected chi connectivity index (χ2v) is 6.46. The second-order valence-electron chi connectivity index (χ2n) is 6.46. The molecule has 0 aliphatic carbocycles.